The average Bonchev–Trinajstić information content (AvgIpc) is 2.86. The summed E-state index contributed by atoms with van der Waals surface area (Å²) in [5, 5.41) is 2.87. The van der Waals surface area contributed by atoms with E-state index in [9.17, 15) is 18.0 Å². The Morgan fingerprint density at radius 1 is 1.24 bits per heavy atom. The molecule has 1 heterocycles. The Labute approximate surface area is 149 Å². The monoisotopic (exact) mass is 366 g/mol. The first-order valence-electron chi connectivity index (χ1n) is 8.33. The molecular formula is C18H26N2O4S. The van der Waals surface area contributed by atoms with Crippen LogP contribution in [0.2, 0.25) is 0 Å². The number of sulfone groups is 1. The Balaban J connectivity index is 1.84. The summed E-state index contributed by atoms with van der Waals surface area (Å²) in [6.07, 6.45) is 1.80. The number of nitrogens with one attached hydrogen (secondary N) is 1. The van der Waals surface area contributed by atoms with Crippen LogP contribution in [-0.4, -0.2) is 50.0 Å². The van der Waals surface area contributed by atoms with Crippen LogP contribution in [-0.2, 0) is 25.8 Å². The van der Waals surface area contributed by atoms with Crippen LogP contribution in [0.4, 0.5) is 0 Å². The molecule has 1 aromatic rings. The smallest absolute Gasteiger partial charge is 0.224 e. The van der Waals surface area contributed by atoms with Gasteiger partial charge in [0, 0.05) is 37.2 Å². The van der Waals surface area contributed by atoms with E-state index in [0.717, 1.165) is 11.8 Å². The molecule has 0 aliphatic carbocycles. The highest BCUT2D eigenvalue weighted by Crippen LogP contribution is 2.25. The molecule has 1 atom stereocenters. The molecule has 0 saturated carbocycles. The van der Waals surface area contributed by atoms with Crippen molar-refractivity contribution in [1.29, 1.82) is 0 Å². The fourth-order valence-corrected chi connectivity index (χ4v) is 3.56. The average molecular weight is 366 g/mol. The number of carbonyl (C=O) groups is 2. The first kappa shape index (κ1) is 19.4. The fraction of sp³-hybridized carbons (Fsp3) is 0.556. The maximum Gasteiger partial charge on any atom is 0.224 e. The molecule has 2 amide bonds. The minimum Gasteiger partial charge on any atom is -0.355 e. The summed E-state index contributed by atoms with van der Waals surface area (Å²) in [6, 6.07) is 6.32. The molecule has 1 aliphatic rings. The molecule has 1 saturated heterocycles. The molecule has 1 aromatic carbocycles. The van der Waals surface area contributed by atoms with E-state index in [4.69, 9.17) is 0 Å². The summed E-state index contributed by atoms with van der Waals surface area (Å²) < 4.78 is 22.9. The Hall–Kier alpha value is -1.89. The largest absolute Gasteiger partial charge is 0.355 e. The summed E-state index contributed by atoms with van der Waals surface area (Å²) in [7, 11) is -3.23. The second kappa shape index (κ2) is 7.15. The quantitative estimate of drug-likeness (QED) is 0.854. The third-order valence-electron chi connectivity index (χ3n) is 4.32. The number of nitrogens with zero attached hydrogens (tertiary/aromatic N) is 1. The third-order valence-corrected chi connectivity index (χ3v) is 5.45. The van der Waals surface area contributed by atoms with Gasteiger partial charge in [-0.1, -0.05) is 12.1 Å². The molecule has 25 heavy (non-hydrogen) atoms. The van der Waals surface area contributed by atoms with Gasteiger partial charge in [0.05, 0.1) is 11.3 Å². The number of likely N-dealkylation sites (tertiary alicyclic amines) is 1. The summed E-state index contributed by atoms with van der Waals surface area (Å²) in [5.41, 5.74) is 0.556. The van der Waals surface area contributed by atoms with E-state index < -0.39 is 9.84 Å². The summed E-state index contributed by atoms with van der Waals surface area (Å²) in [4.78, 5) is 26.2. The lowest BCUT2D eigenvalue weighted by molar-refractivity contribution is -0.131. The molecule has 0 bridgehead atoms. The second-order valence-electron chi connectivity index (χ2n) is 7.64. The minimum absolute atomic E-state index is 0.128. The van der Waals surface area contributed by atoms with Gasteiger partial charge in [0.1, 0.15) is 0 Å². The van der Waals surface area contributed by atoms with Crippen molar-refractivity contribution in [1.82, 2.24) is 10.2 Å². The Morgan fingerprint density at radius 2 is 1.84 bits per heavy atom. The second-order valence-corrected chi connectivity index (χ2v) is 9.66. The van der Waals surface area contributed by atoms with Crippen molar-refractivity contribution in [2.45, 2.75) is 44.0 Å². The van der Waals surface area contributed by atoms with Crippen molar-refractivity contribution in [2.75, 3.05) is 19.3 Å². The standard InChI is InChI=1S/C18H26N2O4S/c1-18(2,3)20-12-14(10-17(20)22)11-19-16(21)9-13-5-7-15(8-6-13)25(4,23)24/h5-8,14H,9-12H2,1-4H3,(H,19,21). The normalized spacial score (nSPS) is 18.5. The Bertz CT molecular complexity index is 748. The van der Waals surface area contributed by atoms with Crippen molar-refractivity contribution < 1.29 is 18.0 Å². The van der Waals surface area contributed by atoms with Gasteiger partial charge in [-0.15, -0.1) is 0 Å². The van der Waals surface area contributed by atoms with Gasteiger partial charge >= 0.3 is 0 Å². The first-order valence-corrected chi connectivity index (χ1v) is 10.2. The lowest BCUT2D eigenvalue weighted by atomic mass is 10.1. The molecule has 1 aliphatic heterocycles. The van der Waals surface area contributed by atoms with E-state index in [2.05, 4.69) is 5.32 Å². The van der Waals surface area contributed by atoms with E-state index in [1.54, 1.807) is 12.1 Å². The van der Waals surface area contributed by atoms with Crippen LogP contribution in [0.5, 0.6) is 0 Å². The zero-order chi connectivity index (χ0) is 18.8. The van der Waals surface area contributed by atoms with Gasteiger partial charge in [0.25, 0.3) is 0 Å². The number of rotatable bonds is 5. The molecule has 0 spiro atoms. The van der Waals surface area contributed by atoms with Crippen LogP contribution in [0, 0.1) is 5.92 Å². The van der Waals surface area contributed by atoms with Gasteiger partial charge in [0.15, 0.2) is 9.84 Å². The predicted octanol–water partition coefficient (Wildman–Crippen LogP) is 1.40. The predicted molar refractivity (Wildman–Crippen MR) is 95.8 cm³/mol. The van der Waals surface area contributed by atoms with Gasteiger partial charge in [-0.2, -0.15) is 0 Å². The fourth-order valence-electron chi connectivity index (χ4n) is 2.93. The Morgan fingerprint density at radius 3 is 2.32 bits per heavy atom. The van der Waals surface area contributed by atoms with Gasteiger partial charge in [-0.05, 0) is 38.5 Å². The molecule has 0 aromatic heterocycles. The maximum absolute atomic E-state index is 12.1. The molecule has 0 radical (unpaired) electrons. The SMILES string of the molecule is CC(C)(C)N1CC(CNC(=O)Cc2ccc(S(C)(=O)=O)cc2)CC1=O. The minimum atomic E-state index is -3.23. The lowest BCUT2D eigenvalue weighted by Crippen LogP contribution is -2.42. The first-order chi connectivity index (χ1) is 11.5. The van der Waals surface area contributed by atoms with Gasteiger partial charge in [-0.25, -0.2) is 8.42 Å². The number of benzene rings is 1. The molecule has 1 N–H and O–H groups in total. The molecule has 1 fully saturated rings. The van der Waals surface area contributed by atoms with Crippen molar-refractivity contribution in [3.63, 3.8) is 0 Å². The zero-order valence-electron chi connectivity index (χ0n) is 15.2. The number of hydrogen-bond donors (Lipinski definition) is 1. The van der Waals surface area contributed by atoms with E-state index in [1.165, 1.54) is 12.1 Å². The molecule has 7 heteroatoms. The lowest BCUT2D eigenvalue weighted by Gasteiger charge is -2.32. The third kappa shape index (κ3) is 5.29. The summed E-state index contributed by atoms with van der Waals surface area (Å²) in [6.45, 7) is 7.15. The highest BCUT2D eigenvalue weighted by atomic mass is 32.2. The van der Waals surface area contributed by atoms with Crippen LogP contribution in [0.25, 0.3) is 0 Å². The van der Waals surface area contributed by atoms with Crippen LogP contribution in [0.3, 0.4) is 0 Å². The molecule has 138 valence electrons. The number of amides is 2. The van der Waals surface area contributed by atoms with E-state index in [-0.39, 0.29) is 34.6 Å². The summed E-state index contributed by atoms with van der Waals surface area (Å²) in [5.74, 6) is 0.125. The van der Waals surface area contributed by atoms with E-state index in [0.29, 0.717) is 19.5 Å². The molecule has 1 unspecified atom stereocenters. The van der Waals surface area contributed by atoms with Gasteiger partial charge in [-0.3, -0.25) is 9.59 Å². The van der Waals surface area contributed by atoms with Gasteiger partial charge in [0.2, 0.25) is 11.8 Å². The van der Waals surface area contributed by atoms with Crippen molar-refractivity contribution in [2.24, 2.45) is 5.92 Å². The van der Waals surface area contributed by atoms with Crippen LogP contribution in [0.1, 0.15) is 32.8 Å². The molecular weight excluding hydrogens is 340 g/mol. The van der Waals surface area contributed by atoms with Crippen molar-refractivity contribution in [3.05, 3.63) is 29.8 Å². The van der Waals surface area contributed by atoms with Crippen LogP contribution < -0.4 is 5.32 Å². The number of carbonyl (C=O) groups excluding carboxylic acids is 2. The zero-order valence-corrected chi connectivity index (χ0v) is 16.0. The maximum atomic E-state index is 12.1. The van der Waals surface area contributed by atoms with E-state index in [1.807, 2.05) is 25.7 Å². The van der Waals surface area contributed by atoms with Crippen molar-refractivity contribution in [3.8, 4) is 0 Å². The van der Waals surface area contributed by atoms with Gasteiger partial charge < -0.3 is 10.2 Å². The van der Waals surface area contributed by atoms with E-state index >= 15 is 0 Å². The van der Waals surface area contributed by atoms with Crippen LogP contribution >= 0.6 is 0 Å². The highest BCUT2D eigenvalue weighted by Gasteiger charge is 2.36. The Kier molecular flexibility index (Phi) is 5.56. The summed E-state index contributed by atoms with van der Waals surface area (Å²) >= 11 is 0. The number of hydrogen-bond acceptors (Lipinski definition) is 4. The molecule has 6 nitrogen and oxygen atoms in total. The topological polar surface area (TPSA) is 83.6 Å². The van der Waals surface area contributed by atoms with Crippen molar-refractivity contribution >= 4 is 21.7 Å². The van der Waals surface area contributed by atoms with Crippen LogP contribution in [0.15, 0.2) is 29.2 Å². The highest BCUT2D eigenvalue weighted by molar-refractivity contribution is 7.90. The molecule has 2 rings (SSSR count).